The molecular formula is C16H23ClN2O2. The zero-order valence-corrected chi connectivity index (χ0v) is 13.5. The molecule has 0 bridgehead atoms. The fourth-order valence-corrected chi connectivity index (χ4v) is 2.78. The minimum Gasteiger partial charge on any atom is -0.372 e. The van der Waals surface area contributed by atoms with E-state index in [1.165, 1.54) is 5.69 Å². The number of carbonyl (C=O) groups excluding carboxylic acids is 1. The average molecular weight is 311 g/mol. The minimum absolute atomic E-state index is 0.0711. The predicted molar refractivity (Wildman–Crippen MR) is 86.0 cm³/mol. The maximum absolute atomic E-state index is 12.0. The Labute approximate surface area is 131 Å². The second kappa shape index (κ2) is 7.66. The van der Waals surface area contributed by atoms with Crippen molar-refractivity contribution in [2.24, 2.45) is 0 Å². The van der Waals surface area contributed by atoms with E-state index in [1.54, 1.807) is 0 Å². The largest absolute Gasteiger partial charge is 0.372 e. The minimum atomic E-state index is 0.0711. The Kier molecular flexibility index (Phi) is 5.88. The summed E-state index contributed by atoms with van der Waals surface area (Å²) in [5, 5.41) is 0.759. The van der Waals surface area contributed by atoms with Crippen LogP contribution in [0.5, 0.6) is 0 Å². The highest BCUT2D eigenvalue weighted by molar-refractivity contribution is 6.30. The molecule has 0 aliphatic carbocycles. The number of anilines is 1. The van der Waals surface area contributed by atoms with Gasteiger partial charge in [-0.1, -0.05) is 11.6 Å². The van der Waals surface area contributed by atoms with Crippen LogP contribution in [0.4, 0.5) is 5.69 Å². The van der Waals surface area contributed by atoms with Crippen molar-refractivity contribution in [3.05, 3.63) is 29.3 Å². The third-order valence-electron chi connectivity index (χ3n) is 4.03. The van der Waals surface area contributed by atoms with Crippen LogP contribution in [0.2, 0.25) is 5.02 Å². The standard InChI is InChI=1S/C16H23ClN2O2/c1-3-21-12-16(20)18(2)14-8-10-19(11-9-14)15-6-4-13(17)5-7-15/h4-7,14H,3,8-12H2,1-2H3. The number of hydrogen-bond donors (Lipinski definition) is 0. The van der Waals surface area contributed by atoms with Crippen LogP contribution in [0, 0.1) is 0 Å². The molecule has 1 aliphatic rings. The van der Waals surface area contributed by atoms with Crippen molar-refractivity contribution in [3.8, 4) is 0 Å². The van der Waals surface area contributed by atoms with Gasteiger partial charge >= 0.3 is 0 Å². The highest BCUT2D eigenvalue weighted by atomic mass is 35.5. The first-order valence-corrected chi connectivity index (χ1v) is 7.83. The second-order valence-electron chi connectivity index (χ2n) is 5.34. The van der Waals surface area contributed by atoms with Gasteiger partial charge in [-0.25, -0.2) is 0 Å². The summed E-state index contributed by atoms with van der Waals surface area (Å²) in [5.74, 6) is 0.0711. The number of piperidine rings is 1. The Morgan fingerprint density at radius 2 is 1.95 bits per heavy atom. The van der Waals surface area contributed by atoms with Crippen molar-refractivity contribution in [2.45, 2.75) is 25.8 Å². The SMILES string of the molecule is CCOCC(=O)N(C)C1CCN(c2ccc(Cl)cc2)CC1. The van der Waals surface area contributed by atoms with Crippen LogP contribution in [0.25, 0.3) is 0 Å². The highest BCUT2D eigenvalue weighted by Crippen LogP contribution is 2.23. The van der Waals surface area contributed by atoms with Crippen LogP contribution in [-0.4, -0.2) is 50.2 Å². The normalized spacial score (nSPS) is 16.0. The monoisotopic (exact) mass is 310 g/mol. The molecule has 116 valence electrons. The molecule has 0 saturated carbocycles. The summed E-state index contributed by atoms with van der Waals surface area (Å²) in [5.41, 5.74) is 1.20. The summed E-state index contributed by atoms with van der Waals surface area (Å²) in [6, 6.07) is 8.24. The van der Waals surface area contributed by atoms with Gasteiger partial charge in [-0.05, 0) is 44.0 Å². The molecule has 0 atom stereocenters. The molecule has 4 nitrogen and oxygen atoms in total. The summed E-state index contributed by atoms with van der Waals surface area (Å²) in [6.07, 6.45) is 1.97. The highest BCUT2D eigenvalue weighted by Gasteiger charge is 2.25. The first-order valence-electron chi connectivity index (χ1n) is 7.45. The number of halogens is 1. The molecule has 1 amide bonds. The lowest BCUT2D eigenvalue weighted by Crippen LogP contribution is -2.46. The van der Waals surface area contributed by atoms with Crippen molar-refractivity contribution in [1.82, 2.24) is 4.90 Å². The van der Waals surface area contributed by atoms with Crippen molar-refractivity contribution in [1.29, 1.82) is 0 Å². The second-order valence-corrected chi connectivity index (χ2v) is 5.77. The van der Waals surface area contributed by atoms with Crippen molar-refractivity contribution >= 4 is 23.2 Å². The molecule has 1 heterocycles. The Morgan fingerprint density at radius 3 is 2.52 bits per heavy atom. The molecule has 2 rings (SSSR count). The summed E-state index contributed by atoms with van der Waals surface area (Å²) in [7, 11) is 1.88. The Hall–Kier alpha value is -1.26. The maximum atomic E-state index is 12.0. The number of rotatable bonds is 5. The summed E-state index contributed by atoms with van der Waals surface area (Å²) in [4.78, 5) is 16.1. The van der Waals surface area contributed by atoms with Gasteiger partial charge in [-0.3, -0.25) is 4.79 Å². The van der Waals surface area contributed by atoms with Crippen molar-refractivity contribution in [2.75, 3.05) is 38.3 Å². The van der Waals surface area contributed by atoms with Gasteiger partial charge in [0.2, 0.25) is 5.91 Å². The molecule has 0 N–H and O–H groups in total. The molecule has 1 fully saturated rings. The lowest BCUT2D eigenvalue weighted by molar-refractivity contribution is -0.137. The third kappa shape index (κ3) is 4.35. The molecular weight excluding hydrogens is 288 g/mol. The molecule has 0 aromatic heterocycles. The molecule has 1 saturated heterocycles. The van der Waals surface area contributed by atoms with Gasteiger partial charge in [0, 0.05) is 43.5 Å². The van der Waals surface area contributed by atoms with Crippen LogP contribution in [0.3, 0.4) is 0 Å². The van der Waals surface area contributed by atoms with Gasteiger partial charge in [0.1, 0.15) is 6.61 Å². The Balaban J connectivity index is 1.85. The molecule has 0 unspecified atom stereocenters. The van der Waals surface area contributed by atoms with E-state index < -0.39 is 0 Å². The van der Waals surface area contributed by atoms with E-state index >= 15 is 0 Å². The average Bonchev–Trinajstić information content (AvgIpc) is 2.53. The van der Waals surface area contributed by atoms with Crippen LogP contribution < -0.4 is 4.90 Å². The number of carbonyl (C=O) groups is 1. The number of amides is 1. The lowest BCUT2D eigenvalue weighted by atomic mass is 10.0. The molecule has 1 aromatic carbocycles. The fourth-order valence-electron chi connectivity index (χ4n) is 2.66. The zero-order chi connectivity index (χ0) is 15.2. The molecule has 21 heavy (non-hydrogen) atoms. The molecule has 0 radical (unpaired) electrons. The van der Waals surface area contributed by atoms with Crippen LogP contribution in [0.15, 0.2) is 24.3 Å². The first-order chi connectivity index (χ1) is 10.1. The van der Waals surface area contributed by atoms with Gasteiger partial charge < -0.3 is 14.5 Å². The van der Waals surface area contributed by atoms with E-state index in [1.807, 2.05) is 43.1 Å². The number of hydrogen-bond acceptors (Lipinski definition) is 3. The van der Waals surface area contributed by atoms with E-state index in [9.17, 15) is 4.79 Å². The van der Waals surface area contributed by atoms with Gasteiger partial charge in [-0.2, -0.15) is 0 Å². The molecule has 5 heteroatoms. The van der Waals surface area contributed by atoms with Gasteiger partial charge in [0.05, 0.1) is 0 Å². The van der Waals surface area contributed by atoms with Crippen LogP contribution in [0.1, 0.15) is 19.8 Å². The van der Waals surface area contributed by atoms with Crippen molar-refractivity contribution in [3.63, 3.8) is 0 Å². The topological polar surface area (TPSA) is 32.8 Å². The summed E-state index contributed by atoms with van der Waals surface area (Å²) in [6.45, 7) is 4.58. The van der Waals surface area contributed by atoms with E-state index in [2.05, 4.69) is 4.90 Å². The summed E-state index contributed by atoms with van der Waals surface area (Å²) < 4.78 is 5.19. The molecule has 1 aliphatic heterocycles. The van der Waals surface area contributed by atoms with Gasteiger partial charge in [0.15, 0.2) is 0 Å². The maximum Gasteiger partial charge on any atom is 0.248 e. The number of ether oxygens (including phenoxy) is 1. The predicted octanol–water partition coefficient (Wildman–Crippen LogP) is 2.80. The van der Waals surface area contributed by atoms with E-state index in [0.717, 1.165) is 31.0 Å². The Bertz CT molecular complexity index is 456. The fraction of sp³-hybridized carbons (Fsp3) is 0.562. The number of nitrogens with zero attached hydrogens (tertiary/aromatic N) is 2. The van der Waals surface area contributed by atoms with E-state index in [-0.39, 0.29) is 12.5 Å². The number of benzene rings is 1. The number of likely N-dealkylation sites (N-methyl/N-ethyl adjacent to an activating group) is 1. The zero-order valence-electron chi connectivity index (χ0n) is 12.7. The first kappa shape index (κ1) is 16.1. The third-order valence-corrected chi connectivity index (χ3v) is 4.28. The van der Waals surface area contributed by atoms with E-state index in [4.69, 9.17) is 16.3 Å². The summed E-state index contributed by atoms with van der Waals surface area (Å²) >= 11 is 5.92. The van der Waals surface area contributed by atoms with Crippen molar-refractivity contribution < 1.29 is 9.53 Å². The van der Waals surface area contributed by atoms with E-state index in [0.29, 0.717) is 12.6 Å². The smallest absolute Gasteiger partial charge is 0.248 e. The van der Waals surface area contributed by atoms with Crippen LogP contribution in [-0.2, 0) is 9.53 Å². The lowest BCUT2D eigenvalue weighted by Gasteiger charge is -2.37. The molecule has 0 spiro atoms. The quantitative estimate of drug-likeness (QED) is 0.838. The molecule has 1 aromatic rings. The van der Waals surface area contributed by atoms with Gasteiger partial charge in [-0.15, -0.1) is 0 Å². The Morgan fingerprint density at radius 1 is 1.33 bits per heavy atom. The van der Waals surface area contributed by atoms with Gasteiger partial charge in [0.25, 0.3) is 0 Å². The van der Waals surface area contributed by atoms with Crippen LogP contribution >= 0.6 is 11.6 Å².